The lowest BCUT2D eigenvalue weighted by atomic mass is 10.2. The second kappa shape index (κ2) is 7.01. The molecule has 3 rings (SSSR count). The van der Waals surface area contributed by atoms with Gasteiger partial charge in [-0.2, -0.15) is 0 Å². The first-order chi connectivity index (χ1) is 11.2. The number of hydrogen-bond donors (Lipinski definition) is 1. The van der Waals surface area contributed by atoms with Gasteiger partial charge in [0, 0.05) is 30.2 Å². The van der Waals surface area contributed by atoms with E-state index in [0.717, 1.165) is 29.6 Å². The van der Waals surface area contributed by atoms with Gasteiger partial charge in [-0.05, 0) is 38.1 Å². The monoisotopic (exact) mass is 307 g/mol. The minimum Gasteiger partial charge on any atom is -0.457 e. The van der Waals surface area contributed by atoms with Crippen molar-refractivity contribution in [3.63, 3.8) is 0 Å². The molecule has 0 saturated heterocycles. The van der Waals surface area contributed by atoms with E-state index in [0.29, 0.717) is 6.04 Å². The molecule has 1 N–H and O–H groups in total. The van der Waals surface area contributed by atoms with E-state index in [1.54, 1.807) is 6.20 Å². The summed E-state index contributed by atoms with van der Waals surface area (Å²) >= 11 is 0. The van der Waals surface area contributed by atoms with Crippen LogP contribution in [0.5, 0.6) is 11.5 Å². The summed E-state index contributed by atoms with van der Waals surface area (Å²) in [6, 6.07) is 18.3. The van der Waals surface area contributed by atoms with Gasteiger partial charge in [0.1, 0.15) is 17.3 Å². The van der Waals surface area contributed by atoms with E-state index in [1.807, 2.05) is 48.7 Å². The predicted molar refractivity (Wildman–Crippen MR) is 92.9 cm³/mol. The van der Waals surface area contributed by atoms with Crippen molar-refractivity contribution >= 4 is 5.69 Å². The van der Waals surface area contributed by atoms with Crippen LogP contribution in [-0.4, -0.2) is 16.0 Å². The number of anilines is 1. The third kappa shape index (κ3) is 3.92. The minimum absolute atomic E-state index is 0.354. The van der Waals surface area contributed by atoms with Gasteiger partial charge in [-0.25, -0.2) is 4.98 Å². The normalized spacial score (nSPS) is 10.7. The molecule has 0 spiro atoms. The first-order valence-electron chi connectivity index (χ1n) is 7.80. The summed E-state index contributed by atoms with van der Waals surface area (Å²) in [4.78, 5) is 9.78. The third-order valence-corrected chi connectivity index (χ3v) is 3.63. The molecule has 0 aliphatic heterocycles. The highest BCUT2D eigenvalue weighted by Gasteiger charge is 2.13. The summed E-state index contributed by atoms with van der Waals surface area (Å²) in [6.45, 7) is 5.08. The van der Waals surface area contributed by atoms with Crippen molar-refractivity contribution in [2.75, 3.05) is 4.90 Å². The zero-order valence-electron chi connectivity index (χ0n) is 13.4. The Morgan fingerprint density at radius 2 is 1.83 bits per heavy atom. The SMILES string of the molecule is CC(C)N(Cc1ncc[nH]1)c1cccc(Oc2ccccc2)c1. The van der Waals surface area contributed by atoms with Crippen LogP contribution in [0.1, 0.15) is 19.7 Å². The molecule has 0 amide bonds. The van der Waals surface area contributed by atoms with Gasteiger partial charge >= 0.3 is 0 Å². The molecule has 2 aromatic carbocycles. The first-order valence-corrected chi connectivity index (χ1v) is 7.80. The average Bonchev–Trinajstić information content (AvgIpc) is 3.07. The molecule has 1 aromatic heterocycles. The Bertz CT molecular complexity index is 723. The summed E-state index contributed by atoms with van der Waals surface area (Å²) in [6.07, 6.45) is 3.63. The number of H-pyrrole nitrogens is 1. The highest BCUT2D eigenvalue weighted by atomic mass is 16.5. The molecule has 23 heavy (non-hydrogen) atoms. The molecular weight excluding hydrogens is 286 g/mol. The molecule has 1 heterocycles. The number of aromatic nitrogens is 2. The Hall–Kier alpha value is -2.75. The molecule has 0 saturated carbocycles. The Balaban J connectivity index is 1.81. The molecule has 4 nitrogen and oxygen atoms in total. The Morgan fingerprint density at radius 1 is 1.04 bits per heavy atom. The van der Waals surface area contributed by atoms with E-state index in [2.05, 4.69) is 40.8 Å². The van der Waals surface area contributed by atoms with Crippen molar-refractivity contribution in [1.29, 1.82) is 0 Å². The van der Waals surface area contributed by atoms with Crippen LogP contribution in [-0.2, 0) is 6.54 Å². The van der Waals surface area contributed by atoms with E-state index in [-0.39, 0.29) is 0 Å². The van der Waals surface area contributed by atoms with E-state index in [4.69, 9.17) is 4.74 Å². The van der Waals surface area contributed by atoms with Gasteiger partial charge in [0.15, 0.2) is 0 Å². The van der Waals surface area contributed by atoms with Gasteiger partial charge in [0.2, 0.25) is 0 Å². The number of rotatable bonds is 6. The topological polar surface area (TPSA) is 41.2 Å². The summed E-state index contributed by atoms with van der Waals surface area (Å²) < 4.78 is 5.93. The number of aromatic amines is 1. The molecule has 0 radical (unpaired) electrons. The largest absolute Gasteiger partial charge is 0.457 e. The molecule has 0 aliphatic rings. The van der Waals surface area contributed by atoms with Crippen LogP contribution < -0.4 is 9.64 Å². The molecule has 4 heteroatoms. The number of imidazole rings is 1. The van der Waals surface area contributed by atoms with E-state index in [1.165, 1.54) is 0 Å². The van der Waals surface area contributed by atoms with Gasteiger partial charge in [-0.3, -0.25) is 0 Å². The van der Waals surface area contributed by atoms with Crippen molar-refractivity contribution in [2.45, 2.75) is 26.4 Å². The fraction of sp³-hybridized carbons (Fsp3) is 0.211. The highest BCUT2D eigenvalue weighted by molar-refractivity contribution is 5.52. The van der Waals surface area contributed by atoms with Crippen molar-refractivity contribution < 1.29 is 4.74 Å². The summed E-state index contributed by atoms with van der Waals surface area (Å²) in [5.41, 5.74) is 1.12. The van der Waals surface area contributed by atoms with Crippen molar-refractivity contribution in [3.05, 3.63) is 72.8 Å². The quantitative estimate of drug-likeness (QED) is 0.722. The molecule has 0 atom stereocenters. The molecule has 118 valence electrons. The van der Waals surface area contributed by atoms with Crippen molar-refractivity contribution in [1.82, 2.24) is 9.97 Å². The second-order valence-corrected chi connectivity index (χ2v) is 5.67. The van der Waals surface area contributed by atoms with Gasteiger partial charge in [-0.15, -0.1) is 0 Å². The number of nitrogens with zero attached hydrogens (tertiary/aromatic N) is 2. The molecule has 0 unspecified atom stereocenters. The molecular formula is C19H21N3O. The Morgan fingerprint density at radius 3 is 2.52 bits per heavy atom. The smallest absolute Gasteiger partial charge is 0.129 e. The molecule has 0 aliphatic carbocycles. The van der Waals surface area contributed by atoms with Crippen LogP contribution in [0.2, 0.25) is 0 Å². The van der Waals surface area contributed by atoms with Crippen LogP contribution in [0.4, 0.5) is 5.69 Å². The summed E-state index contributed by atoms with van der Waals surface area (Å²) in [5.74, 6) is 2.62. The zero-order valence-corrected chi connectivity index (χ0v) is 13.4. The zero-order chi connectivity index (χ0) is 16.1. The average molecular weight is 307 g/mol. The standard InChI is InChI=1S/C19H21N3O/c1-15(2)22(14-19-20-11-12-21-19)16-7-6-10-18(13-16)23-17-8-4-3-5-9-17/h3-13,15H,14H2,1-2H3,(H,20,21). The van der Waals surface area contributed by atoms with E-state index >= 15 is 0 Å². The number of para-hydroxylation sites is 1. The fourth-order valence-electron chi connectivity index (χ4n) is 2.47. The molecule has 3 aromatic rings. The highest BCUT2D eigenvalue weighted by Crippen LogP contribution is 2.27. The maximum atomic E-state index is 5.93. The van der Waals surface area contributed by atoms with Crippen molar-refractivity contribution in [2.24, 2.45) is 0 Å². The number of ether oxygens (including phenoxy) is 1. The van der Waals surface area contributed by atoms with Crippen molar-refractivity contribution in [3.8, 4) is 11.5 Å². The fourth-order valence-corrected chi connectivity index (χ4v) is 2.47. The Kier molecular flexibility index (Phi) is 4.62. The second-order valence-electron chi connectivity index (χ2n) is 5.67. The van der Waals surface area contributed by atoms with Crippen LogP contribution >= 0.6 is 0 Å². The van der Waals surface area contributed by atoms with Gasteiger partial charge < -0.3 is 14.6 Å². The summed E-state index contributed by atoms with van der Waals surface area (Å²) in [5, 5.41) is 0. The molecule has 0 bridgehead atoms. The number of nitrogens with one attached hydrogen (secondary N) is 1. The van der Waals surface area contributed by atoms with Gasteiger partial charge in [0.25, 0.3) is 0 Å². The maximum Gasteiger partial charge on any atom is 0.129 e. The lowest BCUT2D eigenvalue weighted by Crippen LogP contribution is -2.30. The van der Waals surface area contributed by atoms with E-state index in [9.17, 15) is 0 Å². The van der Waals surface area contributed by atoms with E-state index < -0.39 is 0 Å². The lowest BCUT2D eigenvalue weighted by Gasteiger charge is -2.28. The van der Waals surface area contributed by atoms with Crippen LogP contribution in [0.15, 0.2) is 67.0 Å². The van der Waals surface area contributed by atoms with Crippen LogP contribution in [0.25, 0.3) is 0 Å². The van der Waals surface area contributed by atoms with Gasteiger partial charge in [-0.1, -0.05) is 24.3 Å². The summed E-state index contributed by atoms with van der Waals surface area (Å²) in [7, 11) is 0. The van der Waals surface area contributed by atoms with Gasteiger partial charge in [0.05, 0.1) is 6.54 Å². The van der Waals surface area contributed by atoms with Crippen LogP contribution in [0.3, 0.4) is 0 Å². The number of benzene rings is 2. The molecule has 0 fully saturated rings. The first kappa shape index (κ1) is 15.2. The third-order valence-electron chi connectivity index (χ3n) is 3.63. The maximum absolute atomic E-state index is 5.93. The minimum atomic E-state index is 0.354. The number of hydrogen-bond acceptors (Lipinski definition) is 3. The Labute approximate surface area is 136 Å². The predicted octanol–water partition coefficient (Wildman–Crippen LogP) is 4.62. The lowest BCUT2D eigenvalue weighted by molar-refractivity contribution is 0.482. The van der Waals surface area contributed by atoms with Crippen LogP contribution in [0, 0.1) is 0 Å².